The Hall–Kier alpha value is -3.81. The van der Waals surface area contributed by atoms with Crippen molar-refractivity contribution < 1.29 is 52.4 Å². The molecule has 212 valence electrons. The fourth-order valence-electron chi connectivity index (χ4n) is 2.76. The molecule has 0 radical (unpaired) electrons. The number of esters is 2. The van der Waals surface area contributed by atoms with Gasteiger partial charge in [0, 0.05) is 26.8 Å². The van der Waals surface area contributed by atoms with E-state index in [1.165, 1.54) is 7.05 Å². The number of guanidine groups is 1. The van der Waals surface area contributed by atoms with Gasteiger partial charge in [0.2, 0.25) is 19.5 Å². The van der Waals surface area contributed by atoms with Crippen LogP contribution >= 0.6 is 7.75 Å². The summed E-state index contributed by atoms with van der Waals surface area (Å²) in [5, 5.41) is 0.676. The first-order valence-electron chi connectivity index (χ1n) is 11.6. The van der Waals surface area contributed by atoms with Crippen molar-refractivity contribution >= 4 is 31.6 Å². The van der Waals surface area contributed by atoms with Crippen LogP contribution in [-0.2, 0) is 65.2 Å². The normalized spacial score (nSPS) is 11.5. The number of rotatable bonds is 15. The first kappa shape index (κ1) is 31.4. The van der Waals surface area contributed by atoms with Gasteiger partial charge >= 0.3 is 25.7 Å². The van der Waals surface area contributed by atoms with Crippen molar-refractivity contribution in [2.24, 2.45) is 10.5 Å². The zero-order chi connectivity index (χ0) is 28.5. The van der Waals surface area contributed by atoms with Gasteiger partial charge in [0.15, 0.2) is 0 Å². The highest BCUT2D eigenvalue weighted by Gasteiger charge is 2.30. The van der Waals surface area contributed by atoms with Crippen LogP contribution in [0.3, 0.4) is 0 Å². The molecule has 0 aliphatic carbocycles. The molecule has 0 heterocycles. The van der Waals surface area contributed by atoms with Gasteiger partial charge < -0.3 is 20.0 Å². The predicted octanol–water partition coefficient (Wildman–Crippen LogP) is 2.98. The average Bonchev–Trinajstić information content (AvgIpc) is 2.92. The van der Waals surface area contributed by atoms with E-state index in [4.69, 9.17) is 15.2 Å². The zero-order valence-electron chi connectivity index (χ0n) is 21.4. The van der Waals surface area contributed by atoms with E-state index in [9.17, 15) is 18.9 Å². The van der Waals surface area contributed by atoms with Gasteiger partial charge in [0.1, 0.15) is 0 Å². The maximum atomic E-state index is 12.9. The number of carbonyl (C=O) groups excluding carboxylic acids is 3. The fourth-order valence-corrected chi connectivity index (χ4v) is 3.58. The van der Waals surface area contributed by atoms with Gasteiger partial charge in [-0.15, -0.1) is 14.1 Å². The number of aryl methyl sites for hydroxylation is 2. The number of benzene rings is 2. The van der Waals surface area contributed by atoms with Crippen molar-refractivity contribution in [3.63, 3.8) is 0 Å². The van der Waals surface area contributed by atoms with E-state index in [-0.39, 0.29) is 12.8 Å². The van der Waals surface area contributed by atoms with E-state index in [0.717, 1.165) is 18.1 Å². The molecule has 14 nitrogen and oxygen atoms in total. The predicted molar refractivity (Wildman–Crippen MR) is 135 cm³/mol. The van der Waals surface area contributed by atoms with Gasteiger partial charge in [0.05, 0.1) is 0 Å². The molecule has 2 aromatic carbocycles. The summed E-state index contributed by atoms with van der Waals surface area (Å²) in [7, 11) is -3.53. The van der Waals surface area contributed by atoms with Crippen molar-refractivity contribution in [2.45, 2.75) is 32.6 Å². The highest BCUT2D eigenvalue weighted by atomic mass is 31.2. The van der Waals surface area contributed by atoms with E-state index in [1.807, 2.05) is 60.7 Å². The second-order valence-corrected chi connectivity index (χ2v) is 9.07. The lowest BCUT2D eigenvalue weighted by Crippen LogP contribution is -2.35. The molecule has 0 aliphatic heterocycles. The summed E-state index contributed by atoms with van der Waals surface area (Å²) in [6.07, 6.45) is 0.976. The van der Waals surface area contributed by atoms with Crippen LogP contribution < -0.4 is 5.73 Å². The molecule has 2 rings (SSSR count). The maximum Gasteiger partial charge on any atom is 0.511 e. The lowest BCUT2D eigenvalue weighted by molar-refractivity contribution is -0.308. The molecule has 0 aromatic heterocycles. The number of nitrogens with two attached hydrogens (primary N) is 1. The Labute approximate surface area is 224 Å². The minimum Gasteiger partial charge on any atom is -0.435 e. The number of carbonyl (C=O) groups is 3. The molecular weight excluding hydrogens is 537 g/mol. The molecular formula is C24H30N3O11P. The maximum absolute atomic E-state index is 12.9. The highest BCUT2D eigenvalue weighted by molar-refractivity contribution is 7.52. The molecule has 0 unspecified atom stereocenters. The van der Waals surface area contributed by atoms with E-state index >= 15 is 0 Å². The van der Waals surface area contributed by atoms with Crippen molar-refractivity contribution in [1.29, 1.82) is 0 Å². The van der Waals surface area contributed by atoms with Crippen LogP contribution in [-0.4, -0.2) is 49.6 Å². The van der Waals surface area contributed by atoms with Gasteiger partial charge in [-0.1, -0.05) is 60.7 Å². The van der Waals surface area contributed by atoms with Gasteiger partial charge in [-0.05, 0) is 24.0 Å². The van der Waals surface area contributed by atoms with Crippen LogP contribution in [0, 0.1) is 0 Å². The molecule has 2 aromatic rings. The Balaban J connectivity index is 1.83. The minimum absolute atomic E-state index is 0.0541. The van der Waals surface area contributed by atoms with Crippen molar-refractivity contribution in [2.75, 3.05) is 20.6 Å². The third-order valence-corrected chi connectivity index (χ3v) is 5.60. The number of hydrogen-bond donors (Lipinski definition) is 1. The van der Waals surface area contributed by atoms with E-state index < -0.39 is 45.2 Å². The van der Waals surface area contributed by atoms with Crippen LogP contribution in [0.1, 0.15) is 30.9 Å². The molecule has 0 atom stereocenters. The lowest BCUT2D eigenvalue weighted by atomic mass is 10.1. The molecule has 0 fully saturated rings. The van der Waals surface area contributed by atoms with Crippen LogP contribution in [0.15, 0.2) is 65.4 Å². The summed E-state index contributed by atoms with van der Waals surface area (Å²) in [5.41, 5.74) is 7.50. The molecule has 0 aliphatic rings. The summed E-state index contributed by atoms with van der Waals surface area (Å²) in [6.45, 7) is -0.448. The first-order valence-corrected chi connectivity index (χ1v) is 13.1. The Morgan fingerprint density at radius 2 is 1.26 bits per heavy atom. The Kier molecular flexibility index (Phi) is 13.6. The lowest BCUT2D eigenvalue weighted by Gasteiger charge is -2.17. The SMILES string of the molecule is CC(=O)ON(C)/C(N)=N/P(=O)(OOCOC(=O)CCc1ccccc1)OOCOC(=O)CCc1ccccc1. The topological polar surface area (TPSA) is 175 Å². The van der Waals surface area contributed by atoms with E-state index in [0.29, 0.717) is 17.9 Å². The van der Waals surface area contributed by atoms with Crippen LogP contribution in [0.5, 0.6) is 0 Å². The Morgan fingerprint density at radius 1 is 0.821 bits per heavy atom. The van der Waals surface area contributed by atoms with E-state index in [1.54, 1.807) is 0 Å². The molecule has 0 saturated carbocycles. The smallest absolute Gasteiger partial charge is 0.435 e. The third-order valence-electron chi connectivity index (χ3n) is 4.56. The number of ether oxygens (including phenoxy) is 2. The monoisotopic (exact) mass is 567 g/mol. The van der Waals surface area contributed by atoms with Gasteiger partial charge in [-0.2, -0.15) is 14.8 Å². The molecule has 0 bridgehead atoms. The molecule has 15 heteroatoms. The summed E-state index contributed by atoms with van der Waals surface area (Å²) < 4.78 is 35.4. The zero-order valence-corrected chi connectivity index (χ0v) is 22.3. The van der Waals surface area contributed by atoms with Gasteiger partial charge in [-0.3, -0.25) is 14.4 Å². The minimum atomic E-state index is -4.72. The molecule has 2 N–H and O–H groups in total. The van der Waals surface area contributed by atoms with E-state index in [2.05, 4.69) is 28.7 Å². The summed E-state index contributed by atoms with van der Waals surface area (Å²) in [4.78, 5) is 48.9. The van der Waals surface area contributed by atoms with Gasteiger partial charge in [-0.25, -0.2) is 4.57 Å². The Bertz CT molecular complexity index is 1070. The second-order valence-electron chi connectivity index (χ2n) is 7.63. The van der Waals surface area contributed by atoms with Crippen LogP contribution in [0.25, 0.3) is 0 Å². The fraction of sp³-hybridized carbons (Fsp3) is 0.333. The molecule has 0 saturated heterocycles. The van der Waals surface area contributed by atoms with Crippen molar-refractivity contribution in [3.05, 3.63) is 71.8 Å². The van der Waals surface area contributed by atoms with Crippen LogP contribution in [0.4, 0.5) is 0 Å². The summed E-state index contributed by atoms with van der Waals surface area (Å²) in [5.74, 6) is -2.60. The number of nitrogens with zero attached hydrogens (tertiary/aromatic N) is 2. The first-order chi connectivity index (χ1) is 18.7. The molecule has 0 amide bonds. The molecule has 39 heavy (non-hydrogen) atoms. The van der Waals surface area contributed by atoms with Crippen LogP contribution in [0.2, 0.25) is 0 Å². The number of hydroxylamine groups is 2. The highest BCUT2D eigenvalue weighted by Crippen LogP contribution is 2.50. The quantitative estimate of drug-likeness (QED) is 0.0486. The molecule has 0 spiro atoms. The van der Waals surface area contributed by atoms with Crippen molar-refractivity contribution in [3.8, 4) is 0 Å². The standard InChI is InChI=1S/C24H30N3O11P/c1-19(28)36-27(2)24(25)26-39(31,37-34-17-32-22(29)15-13-20-9-5-3-6-10-20)38-35-18-33-23(30)16-14-21-11-7-4-8-12-21/h3-12H,13-18H2,1-2H3,(H2,25,26,31). The average molecular weight is 567 g/mol. The summed E-state index contributed by atoms with van der Waals surface area (Å²) in [6, 6.07) is 18.5. The largest absolute Gasteiger partial charge is 0.511 e. The summed E-state index contributed by atoms with van der Waals surface area (Å²) >= 11 is 0. The number of hydrogen-bond acceptors (Lipinski definition) is 11. The second kappa shape index (κ2) is 16.9. The van der Waals surface area contributed by atoms with Crippen molar-refractivity contribution in [1.82, 2.24) is 5.06 Å². The van der Waals surface area contributed by atoms with Gasteiger partial charge in [0.25, 0.3) is 0 Å². The third kappa shape index (κ3) is 13.5. The Morgan fingerprint density at radius 3 is 1.67 bits per heavy atom.